The van der Waals surface area contributed by atoms with Crippen LogP contribution in [-0.2, 0) is 0 Å². The van der Waals surface area contributed by atoms with Crippen LogP contribution in [0.1, 0.15) is 109 Å². The molecular formula is C21H43N5S. The normalized spacial score (nSPS) is 12.6. The Bertz CT molecular complexity index is 438. The SMILES string of the molecule is CCCCCCCCCCCCCCCCSCC(CN)n1nnc(C)n1. The lowest BCUT2D eigenvalue weighted by atomic mass is 10.0. The van der Waals surface area contributed by atoms with Gasteiger partial charge in [-0.25, -0.2) is 0 Å². The molecule has 0 saturated heterocycles. The second-order valence-electron chi connectivity index (χ2n) is 7.72. The quantitative estimate of drug-likeness (QED) is 0.303. The molecule has 0 aliphatic heterocycles. The molecule has 1 rings (SSSR count). The minimum Gasteiger partial charge on any atom is -0.328 e. The molecule has 27 heavy (non-hydrogen) atoms. The Hall–Kier alpha value is -0.620. The van der Waals surface area contributed by atoms with Crippen LogP contribution < -0.4 is 5.73 Å². The Morgan fingerprint density at radius 3 is 1.81 bits per heavy atom. The highest BCUT2D eigenvalue weighted by atomic mass is 32.2. The number of hydrogen-bond acceptors (Lipinski definition) is 5. The molecule has 0 aromatic carbocycles. The predicted octanol–water partition coefficient (Wildman–Crippen LogP) is 5.70. The molecular weight excluding hydrogens is 354 g/mol. The maximum atomic E-state index is 5.84. The molecule has 0 saturated carbocycles. The average molecular weight is 398 g/mol. The highest BCUT2D eigenvalue weighted by molar-refractivity contribution is 7.99. The van der Waals surface area contributed by atoms with E-state index in [-0.39, 0.29) is 6.04 Å². The van der Waals surface area contributed by atoms with E-state index in [0.717, 1.165) is 5.75 Å². The molecule has 0 bridgehead atoms. The van der Waals surface area contributed by atoms with Crippen molar-refractivity contribution in [3.63, 3.8) is 0 Å². The van der Waals surface area contributed by atoms with Gasteiger partial charge >= 0.3 is 0 Å². The molecule has 0 spiro atoms. The van der Waals surface area contributed by atoms with Crippen LogP contribution in [-0.4, -0.2) is 38.3 Å². The molecule has 0 fully saturated rings. The van der Waals surface area contributed by atoms with Gasteiger partial charge in [0, 0.05) is 12.3 Å². The van der Waals surface area contributed by atoms with Gasteiger partial charge in [0.15, 0.2) is 5.82 Å². The monoisotopic (exact) mass is 397 g/mol. The number of aryl methyl sites for hydroxylation is 1. The number of tetrazole rings is 1. The number of thioether (sulfide) groups is 1. The third kappa shape index (κ3) is 13.2. The highest BCUT2D eigenvalue weighted by Crippen LogP contribution is 2.16. The minimum absolute atomic E-state index is 0.169. The number of hydrogen-bond donors (Lipinski definition) is 1. The number of unbranched alkanes of at least 4 members (excludes halogenated alkanes) is 13. The summed E-state index contributed by atoms with van der Waals surface area (Å²) in [5.41, 5.74) is 5.84. The number of nitrogens with two attached hydrogens (primary N) is 1. The Kier molecular flexibility index (Phi) is 15.8. The standard InChI is InChI=1S/C21H43N5S/c1-3-4-5-6-7-8-9-10-11-12-13-14-15-16-17-27-19-21(18-22)26-24-20(2)23-25-26/h21H,3-19,22H2,1-2H3. The summed E-state index contributed by atoms with van der Waals surface area (Å²) in [6.07, 6.45) is 19.8. The van der Waals surface area contributed by atoms with Crippen LogP contribution in [0.25, 0.3) is 0 Å². The van der Waals surface area contributed by atoms with E-state index in [9.17, 15) is 0 Å². The summed E-state index contributed by atoms with van der Waals surface area (Å²) in [5.74, 6) is 2.90. The van der Waals surface area contributed by atoms with E-state index in [4.69, 9.17) is 5.73 Å². The van der Waals surface area contributed by atoms with Crippen molar-refractivity contribution in [2.45, 2.75) is 110 Å². The van der Waals surface area contributed by atoms with Crippen LogP contribution in [0.4, 0.5) is 0 Å². The minimum atomic E-state index is 0.169. The summed E-state index contributed by atoms with van der Waals surface area (Å²) in [7, 11) is 0. The van der Waals surface area contributed by atoms with Crippen molar-refractivity contribution in [2.75, 3.05) is 18.1 Å². The van der Waals surface area contributed by atoms with Crippen molar-refractivity contribution in [2.24, 2.45) is 5.73 Å². The third-order valence-electron chi connectivity index (χ3n) is 5.08. The predicted molar refractivity (Wildman–Crippen MR) is 118 cm³/mol. The molecule has 1 aromatic rings. The van der Waals surface area contributed by atoms with Crippen molar-refractivity contribution < 1.29 is 0 Å². The van der Waals surface area contributed by atoms with Gasteiger partial charge in [-0.15, -0.1) is 10.2 Å². The topological polar surface area (TPSA) is 69.6 Å². The highest BCUT2D eigenvalue weighted by Gasteiger charge is 2.11. The molecule has 1 unspecified atom stereocenters. The zero-order chi connectivity index (χ0) is 19.6. The first-order chi connectivity index (χ1) is 13.3. The van der Waals surface area contributed by atoms with Crippen molar-refractivity contribution in [1.82, 2.24) is 20.2 Å². The first kappa shape index (κ1) is 24.4. The van der Waals surface area contributed by atoms with E-state index in [0.29, 0.717) is 12.4 Å². The smallest absolute Gasteiger partial charge is 0.171 e. The van der Waals surface area contributed by atoms with Gasteiger partial charge in [-0.2, -0.15) is 16.6 Å². The van der Waals surface area contributed by atoms with Gasteiger partial charge in [0.2, 0.25) is 0 Å². The van der Waals surface area contributed by atoms with E-state index < -0.39 is 0 Å². The van der Waals surface area contributed by atoms with Crippen molar-refractivity contribution in [3.05, 3.63) is 5.82 Å². The number of rotatable bonds is 19. The maximum absolute atomic E-state index is 5.84. The first-order valence-electron chi connectivity index (χ1n) is 11.3. The van der Waals surface area contributed by atoms with Crippen LogP contribution in [0.2, 0.25) is 0 Å². The molecule has 2 N–H and O–H groups in total. The van der Waals surface area contributed by atoms with Crippen molar-refractivity contribution in [1.29, 1.82) is 0 Å². The summed E-state index contributed by atoms with van der Waals surface area (Å²) in [6.45, 7) is 4.72. The third-order valence-corrected chi connectivity index (χ3v) is 6.28. The lowest BCUT2D eigenvalue weighted by molar-refractivity contribution is 0.437. The molecule has 5 nitrogen and oxygen atoms in total. The second-order valence-corrected chi connectivity index (χ2v) is 8.87. The zero-order valence-corrected chi connectivity index (χ0v) is 18.7. The van der Waals surface area contributed by atoms with Crippen LogP contribution in [0.5, 0.6) is 0 Å². The summed E-state index contributed by atoms with van der Waals surface area (Å²) >= 11 is 1.97. The molecule has 0 amide bonds. The van der Waals surface area contributed by atoms with E-state index >= 15 is 0 Å². The van der Waals surface area contributed by atoms with E-state index in [1.54, 1.807) is 4.80 Å². The molecule has 1 aromatic heterocycles. The lowest BCUT2D eigenvalue weighted by Crippen LogP contribution is -2.24. The van der Waals surface area contributed by atoms with Gasteiger partial charge in [0.25, 0.3) is 0 Å². The largest absolute Gasteiger partial charge is 0.328 e. The lowest BCUT2D eigenvalue weighted by Gasteiger charge is -2.12. The van der Waals surface area contributed by atoms with Gasteiger partial charge in [-0.1, -0.05) is 90.4 Å². The Morgan fingerprint density at radius 1 is 0.852 bits per heavy atom. The van der Waals surface area contributed by atoms with Crippen LogP contribution in [0.15, 0.2) is 0 Å². The Balaban J connectivity index is 1.81. The van der Waals surface area contributed by atoms with E-state index in [1.807, 2.05) is 18.7 Å². The molecule has 1 atom stereocenters. The van der Waals surface area contributed by atoms with Crippen molar-refractivity contribution in [3.8, 4) is 0 Å². The molecule has 0 aliphatic rings. The fraction of sp³-hybridized carbons (Fsp3) is 0.952. The Morgan fingerprint density at radius 2 is 1.37 bits per heavy atom. The van der Waals surface area contributed by atoms with E-state index in [2.05, 4.69) is 22.3 Å². The molecule has 0 aliphatic carbocycles. The number of aromatic nitrogens is 4. The Labute approximate surface area is 171 Å². The fourth-order valence-corrected chi connectivity index (χ4v) is 4.42. The van der Waals surface area contributed by atoms with Gasteiger partial charge < -0.3 is 5.73 Å². The van der Waals surface area contributed by atoms with Gasteiger partial charge in [-0.05, 0) is 24.3 Å². The molecule has 158 valence electrons. The summed E-state index contributed by atoms with van der Waals surface area (Å²) < 4.78 is 0. The van der Waals surface area contributed by atoms with Crippen LogP contribution in [0, 0.1) is 6.92 Å². The zero-order valence-electron chi connectivity index (χ0n) is 17.9. The van der Waals surface area contributed by atoms with Crippen LogP contribution >= 0.6 is 11.8 Å². The molecule has 1 heterocycles. The van der Waals surface area contributed by atoms with Gasteiger partial charge in [-0.3, -0.25) is 0 Å². The van der Waals surface area contributed by atoms with Gasteiger partial charge in [0.05, 0.1) is 6.04 Å². The first-order valence-corrected chi connectivity index (χ1v) is 12.5. The molecule has 0 radical (unpaired) electrons. The molecule has 6 heteroatoms. The summed E-state index contributed by atoms with van der Waals surface area (Å²) in [4.78, 5) is 1.67. The fourth-order valence-electron chi connectivity index (χ4n) is 3.30. The number of nitrogens with zero attached hydrogens (tertiary/aromatic N) is 4. The van der Waals surface area contributed by atoms with Gasteiger partial charge in [0.1, 0.15) is 0 Å². The summed E-state index contributed by atoms with van der Waals surface area (Å²) in [5, 5.41) is 12.3. The van der Waals surface area contributed by atoms with E-state index in [1.165, 1.54) is 95.6 Å². The summed E-state index contributed by atoms with van der Waals surface area (Å²) in [6, 6.07) is 0.169. The maximum Gasteiger partial charge on any atom is 0.171 e. The van der Waals surface area contributed by atoms with Crippen molar-refractivity contribution >= 4 is 11.8 Å². The van der Waals surface area contributed by atoms with Crippen LogP contribution in [0.3, 0.4) is 0 Å². The average Bonchev–Trinajstić information content (AvgIpc) is 3.10. The second kappa shape index (κ2) is 17.5.